The molecule has 2 aliphatic heterocycles. The van der Waals surface area contributed by atoms with E-state index < -0.39 is 6.23 Å². The van der Waals surface area contributed by atoms with Crippen molar-refractivity contribution in [1.29, 1.82) is 0 Å². The number of nitrogens with zero attached hydrogens (tertiary/aromatic N) is 3. The predicted molar refractivity (Wildman–Crippen MR) is 134 cm³/mol. The van der Waals surface area contributed by atoms with E-state index in [9.17, 15) is 9.90 Å². The number of nitrogens with two attached hydrogens (primary N) is 1. The fourth-order valence-electron chi connectivity index (χ4n) is 5.71. The Labute approximate surface area is 201 Å². The van der Waals surface area contributed by atoms with Crippen molar-refractivity contribution in [2.75, 3.05) is 38.2 Å². The number of aryl methyl sites for hydroxylation is 1. The highest BCUT2D eigenvalue weighted by Crippen LogP contribution is 2.33. The molecule has 3 heterocycles. The number of hydrogen-bond donors (Lipinski definition) is 2. The molecule has 2 fully saturated rings. The lowest BCUT2D eigenvalue weighted by Crippen LogP contribution is -2.36. The number of amides is 1. The summed E-state index contributed by atoms with van der Waals surface area (Å²) in [5, 5.41) is 9.82. The van der Waals surface area contributed by atoms with Crippen molar-refractivity contribution in [2.24, 2.45) is 5.73 Å². The lowest BCUT2D eigenvalue weighted by Gasteiger charge is -2.34. The number of carbonyl (C=O) groups excluding carboxylic acids is 1. The van der Waals surface area contributed by atoms with E-state index in [1.165, 1.54) is 16.8 Å². The molecule has 1 atom stereocenters. The van der Waals surface area contributed by atoms with Gasteiger partial charge in [0, 0.05) is 56.2 Å². The molecule has 0 saturated carbocycles. The molecular formula is C27H36N4O3. The van der Waals surface area contributed by atoms with E-state index in [2.05, 4.69) is 33.9 Å². The van der Waals surface area contributed by atoms with E-state index >= 15 is 0 Å². The van der Waals surface area contributed by atoms with E-state index in [1.807, 2.05) is 17.0 Å². The molecule has 0 radical (unpaired) electrons. The first-order chi connectivity index (χ1) is 16.5. The highest BCUT2D eigenvalue weighted by atomic mass is 16.5. The number of carbonyl (C=O) groups is 1. The van der Waals surface area contributed by atoms with Crippen LogP contribution in [-0.4, -0.2) is 60.0 Å². The topological polar surface area (TPSA) is 84.0 Å². The molecule has 2 aromatic rings. The van der Waals surface area contributed by atoms with Crippen LogP contribution in [0.15, 0.2) is 36.0 Å². The second kappa shape index (κ2) is 9.94. The molecule has 0 spiro atoms. The quantitative estimate of drug-likeness (QED) is 0.615. The third-order valence-corrected chi connectivity index (χ3v) is 7.73. The predicted octanol–water partition coefficient (Wildman–Crippen LogP) is 3.11. The summed E-state index contributed by atoms with van der Waals surface area (Å²) >= 11 is 0. The molecule has 1 aliphatic carbocycles. The van der Waals surface area contributed by atoms with Gasteiger partial charge in [-0.05, 0) is 85.6 Å². The Balaban J connectivity index is 1.21. The summed E-state index contributed by atoms with van der Waals surface area (Å²) in [7, 11) is 1.71. The molecule has 3 aliphatic rings. The van der Waals surface area contributed by atoms with Gasteiger partial charge in [-0.1, -0.05) is 0 Å². The first kappa shape index (κ1) is 23.1. The third kappa shape index (κ3) is 4.65. The first-order valence-electron chi connectivity index (χ1n) is 12.6. The Morgan fingerprint density at radius 1 is 1.15 bits per heavy atom. The van der Waals surface area contributed by atoms with Crippen molar-refractivity contribution in [1.82, 2.24) is 9.47 Å². The molecule has 2 saturated heterocycles. The minimum atomic E-state index is -0.863. The average molecular weight is 465 g/mol. The first-order valence-corrected chi connectivity index (χ1v) is 12.6. The molecule has 0 bridgehead atoms. The monoisotopic (exact) mass is 464 g/mol. The van der Waals surface area contributed by atoms with Gasteiger partial charge in [0.2, 0.25) is 5.91 Å². The van der Waals surface area contributed by atoms with Gasteiger partial charge >= 0.3 is 0 Å². The average Bonchev–Trinajstić information content (AvgIpc) is 3.48. The number of aliphatic hydroxyl groups is 1. The number of rotatable bonds is 7. The molecule has 1 amide bonds. The van der Waals surface area contributed by atoms with Crippen molar-refractivity contribution in [3.63, 3.8) is 0 Å². The van der Waals surface area contributed by atoms with Gasteiger partial charge in [-0.2, -0.15) is 0 Å². The zero-order chi connectivity index (χ0) is 23.7. The molecule has 34 heavy (non-hydrogen) atoms. The number of anilines is 1. The zero-order valence-electron chi connectivity index (χ0n) is 20.1. The van der Waals surface area contributed by atoms with Crippen molar-refractivity contribution in [3.8, 4) is 5.75 Å². The van der Waals surface area contributed by atoms with E-state index in [4.69, 9.17) is 10.5 Å². The van der Waals surface area contributed by atoms with Crippen LogP contribution in [0.25, 0.3) is 6.08 Å². The van der Waals surface area contributed by atoms with Crippen molar-refractivity contribution < 1.29 is 14.6 Å². The molecular weight excluding hydrogens is 428 g/mol. The number of aliphatic hydroxyl groups excluding tert-OH is 1. The zero-order valence-corrected chi connectivity index (χ0v) is 20.1. The lowest BCUT2D eigenvalue weighted by atomic mass is 9.95. The van der Waals surface area contributed by atoms with Crippen LogP contribution in [0.3, 0.4) is 0 Å². The second-order valence-corrected chi connectivity index (χ2v) is 9.77. The molecule has 1 unspecified atom stereocenters. The summed E-state index contributed by atoms with van der Waals surface area (Å²) < 4.78 is 8.01. The van der Waals surface area contributed by atoms with Crippen LogP contribution in [0.4, 0.5) is 5.69 Å². The standard InChI is InChI=1S/C27H36N4O3/c1-34-25-7-6-23(31-12-2-3-26(31)32)17-20(25)8-13-29-14-10-22(11-15-29)30-16-9-19-4-5-21(27(28)33)18-24(19)30/h6-7,9,16-18,22,27,33H,2-5,8,10-15,28H2,1H3. The number of hydrogen-bond acceptors (Lipinski definition) is 5. The SMILES string of the molecule is COc1ccc(N2CCCC2=O)cc1CCN1CCC(n2ccc3c2C=C(C(N)O)CC3)CC1. The van der Waals surface area contributed by atoms with Crippen LogP contribution in [0, 0.1) is 0 Å². The Kier molecular flexibility index (Phi) is 6.77. The molecule has 1 aromatic heterocycles. The maximum atomic E-state index is 12.2. The summed E-state index contributed by atoms with van der Waals surface area (Å²) in [5.41, 5.74) is 11.4. The van der Waals surface area contributed by atoms with Crippen LogP contribution in [0.1, 0.15) is 55.0 Å². The normalized spacial score (nSPS) is 20.4. The summed E-state index contributed by atoms with van der Waals surface area (Å²) in [6, 6.07) is 8.83. The maximum Gasteiger partial charge on any atom is 0.227 e. The van der Waals surface area contributed by atoms with Gasteiger partial charge in [-0.15, -0.1) is 0 Å². The Bertz CT molecular complexity index is 1070. The Morgan fingerprint density at radius 2 is 1.97 bits per heavy atom. The fraction of sp³-hybridized carbons (Fsp3) is 0.519. The van der Waals surface area contributed by atoms with Gasteiger partial charge in [0.05, 0.1) is 7.11 Å². The van der Waals surface area contributed by atoms with E-state index in [1.54, 1.807) is 7.11 Å². The minimum Gasteiger partial charge on any atom is -0.496 e. The molecule has 1 aromatic carbocycles. The number of aromatic nitrogens is 1. The summed E-state index contributed by atoms with van der Waals surface area (Å²) in [5.74, 6) is 1.11. The van der Waals surface area contributed by atoms with Crippen LogP contribution < -0.4 is 15.4 Å². The number of fused-ring (bicyclic) bond motifs is 1. The molecule has 5 rings (SSSR count). The smallest absolute Gasteiger partial charge is 0.227 e. The fourth-order valence-corrected chi connectivity index (χ4v) is 5.71. The van der Waals surface area contributed by atoms with Gasteiger partial charge in [0.25, 0.3) is 0 Å². The number of ether oxygens (including phenoxy) is 1. The van der Waals surface area contributed by atoms with E-state index in [-0.39, 0.29) is 5.91 Å². The second-order valence-electron chi connectivity index (χ2n) is 9.77. The summed E-state index contributed by atoms with van der Waals surface area (Å²) in [6.07, 6.45) is 9.93. The summed E-state index contributed by atoms with van der Waals surface area (Å²) in [6.45, 7) is 3.90. The van der Waals surface area contributed by atoms with Crippen LogP contribution >= 0.6 is 0 Å². The van der Waals surface area contributed by atoms with E-state index in [0.717, 1.165) is 81.7 Å². The molecule has 7 nitrogen and oxygen atoms in total. The number of piperidine rings is 1. The Hall–Kier alpha value is -2.61. The highest BCUT2D eigenvalue weighted by Gasteiger charge is 2.26. The number of methoxy groups -OCH3 is 1. The van der Waals surface area contributed by atoms with Gasteiger partial charge < -0.3 is 29.9 Å². The maximum absolute atomic E-state index is 12.2. The van der Waals surface area contributed by atoms with Crippen molar-refractivity contribution >= 4 is 17.7 Å². The molecule has 7 heteroatoms. The number of likely N-dealkylation sites (tertiary alicyclic amines) is 1. The van der Waals surface area contributed by atoms with Crippen LogP contribution in [-0.2, 0) is 17.6 Å². The van der Waals surface area contributed by atoms with Gasteiger partial charge in [0.1, 0.15) is 12.0 Å². The molecule has 182 valence electrons. The third-order valence-electron chi connectivity index (χ3n) is 7.73. The van der Waals surface area contributed by atoms with Crippen LogP contribution in [0.2, 0.25) is 0 Å². The van der Waals surface area contributed by atoms with Crippen LogP contribution in [0.5, 0.6) is 5.75 Å². The highest BCUT2D eigenvalue weighted by molar-refractivity contribution is 5.95. The lowest BCUT2D eigenvalue weighted by molar-refractivity contribution is -0.117. The van der Waals surface area contributed by atoms with Gasteiger partial charge in [-0.3, -0.25) is 4.79 Å². The van der Waals surface area contributed by atoms with Gasteiger partial charge in [0.15, 0.2) is 0 Å². The van der Waals surface area contributed by atoms with Gasteiger partial charge in [-0.25, -0.2) is 0 Å². The largest absolute Gasteiger partial charge is 0.496 e. The summed E-state index contributed by atoms with van der Waals surface area (Å²) in [4.78, 5) is 16.6. The van der Waals surface area contributed by atoms with E-state index in [0.29, 0.717) is 12.5 Å². The minimum absolute atomic E-state index is 0.216. The molecule has 3 N–H and O–H groups in total. The van der Waals surface area contributed by atoms with Crippen molar-refractivity contribution in [3.05, 3.63) is 52.9 Å². The number of benzene rings is 1. The van der Waals surface area contributed by atoms with Crippen molar-refractivity contribution in [2.45, 2.75) is 57.2 Å². The Morgan fingerprint density at radius 3 is 2.68 bits per heavy atom.